The van der Waals surface area contributed by atoms with Crippen LogP contribution < -0.4 is 15.5 Å². The highest BCUT2D eigenvalue weighted by Gasteiger charge is 2.45. The van der Waals surface area contributed by atoms with Crippen LogP contribution in [0.4, 0.5) is 9.80 Å². The number of amides is 2. The SMILES string of the molecule is CCOC(=O)c1ncsc1N1CCCC(NC(=O)OC(C)(C)C)(C(=O)NC)C1. The van der Waals surface area contributed by atoms with Gasteiger partial charge in [0, 0.05) is 13.6 Å². The number of nitrogens with zero attached hydrogens (tertiary/aromatic N) is 2. The predicted octanol–water partition coefficient (Wildman–Crippen LogP) is 1.93. The van der Waals surface area contributed by atoms with Crippen LogP contribution in [0.2, 0.25) is 0 Å². The molecule has 1 aromatic heterocycles. The van der Waals surface area contributed by atoms with Crippen molar-refractivity contribution in [3.63, 3.8) is 0 Å². The fraction of sp³-hybridized carbons (Fsp3) is 0.667. The number of rotatable bonds is 5. The normalized spacial score (nSPS) is 19.7. The molecule has 2 heterocycles. The van der Waals surface area contributed by atoms with E-state index in [1.165, 1.54) is 18.4 Å². The first-order valence-corrected chi connectivity index (χ1v) is 10.1. The number of nitrogens with one attached hydrogen (secondary N) is 2. The van der Waals surface area contributed by atoms with Crippen LogP contribution in [0, 0.1) is 0 Å². The zero-order chi connectivity index (χ0) is 20.9. The van der Waals surface area contributed by atoms with Crippen molar-refractivity contribution >= 4 is 34.3 Å². The smallest absolute Gasteiger partial charge is 0.408 e. The van der Waals surface area contributed by atoms with Crippen LogP contribution >= 0.6 is 11.3 Å². The summed E-state index contributed by atoms with van der Waals surface area (Å²) in [6.45, 7) is 8.08. The topological polar surface area (TPSA) is 110 Å². The van der Waals surface area contributed by atoms with Gasteiger partial charge in [-0.1, -0.05) is 0 Å². The second-order valence-electron chi connectivity index (χ2n) is 7.54. The molecule has 0 aromatic carbocycles. The third-order valence-corrected chi connectivity index (χ3v) is 5.08. The Balaban J connectivity index is 2.27. The summed E-state index contributed by atoms with van der Waals surface area (Å²) in [5, 5.41) is 6.01. The van der Waals surface area contributed by atoms with Crippen molar-refractivity contribution in [3.8, 4) is 0 Å². The molecule has 1 aliphatic rings. The van der Waals surface area contributed by atoms with Crippen LogP contribution in [0.15, 0.2) is 5.51 Å². The van der Waals surface area contributed by atoms with Gasteiger partial charge in [0.05, 0.1) is 18.7 Å². The number of alkyl carbamates (subject to hydrolysis) is 1. The Bertz CT molecular complexity index is 730. The average Bonchev–Trinajstić information content (AvgIpc) is 3.09. The molecule has 28 heavy (non-hydrogen) atoms. The Morgan fingerprint density at radius 2 is 2.07 bits per heavy atom. The van der Waals surface area contributed by atoms with Gasteiger partial charge in [-0.05, 0) is 40.5 Å². The zero-order valence-corrected chi connectivity index (χ0v) is 17.8. The zero-order valence-electron chi connectivity index (χ0n) is 17.0. The van der Waals surface area contributed by atoms with E-state index in [4.69, 9.17) is 9.47 Å². The number of ether oxygens (including phenoxy) is 2. The number of aromatic nitrogens is 1. The Hall–Kier alpha value is -2.36. The number of piperidine rings is 1. The van der Waals surface area contributed by atoms with Gasteiger partial charge in [0.2, 0.25) is 5.91 Å². The molecule has 1 unspecified atom stereocenters. The van der Waals surface area contributed by atoms with E-state index in [1.807, 2.05) is 4.90 Å². The third kappa shape index (κ3) is 5.12. The number of carbonyl (C=O) groups is 3. The van der Waals surface area contributed by atoms with Crippen molar-refractivity contribution < 1.29 is 23.9 Å². The van der Waals surface area contributed by atoms with Crippen molar-refractivity contribution in [1.29, 1.82) is 0 Å². The van der Waals surface area contributed by atoms with Gasteiger partial charge >= 0.3 is 12.1 Å². The molecule has 0 aliphatic carbocycles. The molecular formula is C18H28N4O5S. The second-order valence-corrected chi connectivity index (χ2v) is 8.37. The van der Waals surface area contributed by atoms with Crippen molar-refractivity contribution in [2.45, 2.75) is 51.7 Å². The molecule has 0 radical (unpaired) electrons. The molecule has 0 spiro atoms. The van der Waals surface area contributed by atoms with Crippen LogP contribution in [0.3, 0.4) is 0 Å². The van der Waals surface area contributed by atoms with Gasteiger partial charge in [-0.2, -0.15) is 0 Å². The van der Waals surface area contributed by atoms with E-state index in [2.05, 4.69) is 15.6 Å². The van der Waals surface area contributed by atoms with Crippen molar-refractivity contribution in [1.82, 2.24) is 15.6 Å². The van der Waals surface area contributed by atoms with Crippen LogP contribution in [0.5, 0.6) is 0 Å². The molecule has 2 rings (SSSR count). The molecular weight excluding hydrogens is 384 g/mol. The monoisotopic (exact) mass is 412 g/mol. The van der Waals surface area contributed by atoms with E-state index in [0.717, 1.165) is 0 Å². The lowest BCUT2D eigenvalue weighted by atomic mass is 9.88. The van der Waals surface area contributed by atoms with Crippen LogP contribution in [0.1, 0.15) is 51.0 Å². The molecule has 1 aromatic rings. The first-order chi connectivity index (χ1) is 13.1. The van der Waals surface area contributed by atoms with Crippen molar-refractivity contribution in [2.24, 2.45) is 0 Å². The van der Waals surface area contributed by atoms with Crippen LogP contribution in [-0.4, -0.2) is 60.8 Å². The molecule has 2 amide bonds. The summed E-state index contributed by atoms with van der Waals surface area (Å²) in [5.41, 5.74) is -0.0710. The lowest BCUT2D eigenvalue weighted by Crippen LogP contribution is -2.66. The predicted molar refractivity (Wildman–Crippen MR) is 106 cm³/mol. The van der Waals surface area contributed by atoms with Crippen molar-refractivity contribution in [2.75, 3.05) is 31.6 Å². The molecule has 156 valence electrons. The summed E-state index contributed by atoms with van der Waals surface area (Å²) in [6.07, 6.45) is 0.437. The molecule has 0 saturated carbocycles. The van der Waals surface area contributed by atoms with E-state index in [-0.39, 0.29) is 24.8 Å². The standard InChI is InChI=1S/C18H28N4O5S/c1-6-26-14(23)12-13(28-11-20-12)22-9-7-8-18(10-22,15(24)19-5)21-16(25)27-17(2,3)4/h11H,6-10H2,1-5H3,(H,19,24)(H,21,25). The summed E-state index contributed by atoms with van der Waals surface area (Å²) in [5.74, 6) is -0.819. The molecule has 1 fully saturated rings. The second kappa shape index (κ2) is 8.76. The Kier molecular flexibility index (Phi) is 6.87. The van der Waals surface area contributed by atoms with Crippen LogP contribution in [0.25, 0.3) is 0 Å². The number of carbonyl (C=O) groups excluding carboxylic acids is 3. The first-order valence-electron chi connectivity index (χ1n) is 9.21. The van der Waals surface area contributed by atoms with E-state index in [0.29, 0.717) is 24.4 Å². The fourth-order valence-electron chi connectivity index (χ4n) is 3.12. The number of thiazole rings is 1. The number of hydrogen-bond donors (Lipinski definition) is 2. The Morgan fingerprint density at radius 3 is 2.68 bits per heavy atom. The third-order valence-electron chi connectivity index (χ3n) is 4.20. The maximum atomic E-state index is 12.7. The molecule has 9 nitrogen and oxygen atoms in total. The van der Waals surface area contributed by atoms with E-state index >= 15 is 0 Å². The molecule has 10 heteroatoms. The van der Waals surface area contributed by atoms with Crippen LogP contribution in [-0.2, 0) is 14.3 Å². The highest BCUT2D eigenvalue weighted by atomic mass is 32.1. The molecule has 2 N–H and O–H groups in total. The summed E-state index contributed by atoms with van der Waals surface area (Å²) < 4.78 is 10.4. The summed E-state index contributed by atoms with van der Waals surface area (Å²) in [7, 11) is 1.52. The number of esters is 1. The summed E-state index contributed by atoms with van der Waals surface area (Å²) in [4.78, 5) is 43.3. The average molecular weight is 413 g/mol. The molecule has 0 bridgehead atoms. The minimum absolute atomic E-state index is 0.195. The summed E-state index contributed by atoms with van der Waals surface area (Å²) in [6, 6.07) is 0. The van der Waals surface area contributed by atoms with Gasteiger partial charge in [-0.3, -0.25) is 4.79 Å². The van der Waals surface area contributed by atoms with Crippen molar-refractivity contribution in [3.05, 3.63) is 11.2 Å². The Labute approximate surface area is 168 Å². The Morgan fingerprint density at radius 1 is 1.36 bits per heavy atom. The van der Waals surface area contributed by atoms with Gasteiger partial charge in [0.15, 0.2) is 5.69 Å². The molecule has 1 saturated heterocycles. The highest BCUT2D eigenvalue weighted by Crippen LogP contribution is 2.32. The summed E-state index contributed by atoms with van der Waals surface area (Å²) >= 11 is 1.30. The van der Waals surface area contributed by atoms with Gasteiger partial charge in [0.1, 0.15) is 16.1 Å². The van der Waals surface area contributed by atoms with Gasteiger partial charge < -0.3 is 25.0 Å². The maximum absolute atomic E-state index is 12.7. The number of hydrogen-bond acceptors (Lipinski definition) is 8. The number of anilines is 1. The van der Waals surface area contributed by atoms with E-state index in [9.17, 15) is 14.4 Å². The van der Waals surface area contributed by atoms with Gasteiger partial charge in [0.25, 0.3) is 0 Å². The van der Waals surface area contributed by atoms with Gasteiger partial charge in [-0.25, -0.2) is 14.6 Å². The lowest BCUT2D eigenvalue weighted by Gasteiger charge is -2.42. The van der Waals surface area contributed by atoms with Gasteiger partial charge in [-0.15, -0.1) is 11.3 Å². The first kappa shape index (κ1) is 21.9. The fourth-order valence-corrected chi connectivity index (χ4v) is 3.93. The lowest BCUT2D eigenvalue weighted by molar-refractivity contribution is -0.127. The minimum Gasteiger partial charge on any atom is -0.461 e. The van der Waals surface area contributed by atoms with E-state index < -0.39 is 23.2 Å². The maximum Gasteiger partial charge on any atom is 0.408 e. The minimum atomic E-state index is -1.18. The molecule has 1 aliphatic heterocycles. The quantitative estimate of drug-likeness (QED) is 0.711. The number of likely N-dealkylation sites (N-methyl/N-ethyl adjacent to an activating group) is 1. The van der Waals surface area contributed by atoms with E-state index in [1.54, 1.807) is 33.2 Å². The largest absolute Gasteiger partial charge is 0.461 e. The highest BCUT2D eigenvalue weighted by molar-refractivity contribution is 7.14. The molecule has 1 atom stereocenters.